The van der Waals surface area contributed by atoms with E-state index in [0.717, 1.165) is 0 Å². The van der Waals surface area contributed by atoms with Crippen LogP contribution in [0.5, 0.6) is 0 Å². The fourth-order valence-corrected chi connectivity index (χ4v) is 3.52. The van der Waals surface area contributed by atoms with Crippen molar-refractivity contribution >= 4 is 23.4 Å². The van der Waals surface area contributed by atoms with Gasteiger partial charge in [0.05, 0.1) is 37.2 Å². The first kappa shape index (κ1) is 16.1. The van der Waals surface area contributed by atoms with E-state index < -0.39 is 11.7 Å². The normalized spacial score (nSPS) is 28.2. The summed E-state index contributed by atoms with van der Waals surface area (Å²) in [7, 11) is 0. The average molecular weight is 349 g/mol. The topological polar surface area (TPSA) is 71.1 Å². The molecule has 1 spiro atoms. The quantitative estimate of drug-likeness (QED) is 0.890. The standard InChI is InChI=1S/C17H20FN3O4/c1-11(22)19-15-9-17(15)10-21(16(23)25-17)12-2-3-14(13(18)8-12)20-4-6-24-7-5-20/h2-3,8,15H,4-7,9-10H2,1H3,(H,19,22)/t15-,17?/m0/s1. The van der Waals surface area contributed by atoms with Crippen LogP contribution in [-0.4, -0.2) is 56.5 Å². The van der Waals surface area contributed by atoms with Crippen LogP contribution in [0.3, 0.4) is 0 Å². The lowest BCUT2D eigenvalue weighted by Gasteiger charge is -2.29. The molecule has 1 N–H and O–H groups in total. The van der Waals surface area contributed by atoms with Crippen molar-refractivity contribution in [3.63, 3.8) is 0 Å². The van der Waals surface area contributed by atoms with Gasteiger partial charge in [0.1, 0.15) is 5.82 Å². The number of benzene rings is 1. The SMILES string of the molecule is CC(=O)N[C@H]1CC12CN(c1ccc(N3CCOCC3)c(F)c1)C(=O)O2. The Kier molecular flexibility index (Phi) is 3.79. The lowest BCUT2D eigenvalue weighted by Crippen LogP contribution is -2.36. The molecule has 4 rings (SSSR count). The highest BCUT2D eigenvalue weighted by Crippen LogP contribution is 2.46. The van der Waals surface area contributed by atoms with Gasteiger partial charge in [-0.25, -0.2) is 9.18 Å². The van der Waals surface area contributed by atoms with Gasteiger partial charge in [-0.05, 0) is 18.2 Å². The molecular formula is C17H20FN3O4. The number of carbonyl (C=O) groups is 2. The number of nitrogens with zero attached hydrogens (tertiary/aromatic N) is 2. The Balaban J connectivity index is 1.50. The number of morpholine rings is 1. The maximum atomic E-state index is 14.6. The molecule has 2 heterocycles. The number of halogens is 1. The maximum Gasteiger partial charge on any atom is 0.415 e. The molecule has 25 heavy (non-hydrogen) atoms. The predicted octanol–water partition coefficient (Wildman–Crippen LogP) is 1.27. The van der Waals surface area contributed by atoms with Crippen LogP contribution in [0.2, 0.25) is 0 Å². The van der Waals surface area contributed by atoms with Gasteiger partial charge in [-0.2, -0.15) is 0 Å². The van der Waals surface area contributed by atoms with Gasteiger partial charge < -0.3 is 19.7 Å². The van der Waals surface area contributed by atoms with Crippen molar-refractivity contribution in [3.05, 3.63) is 24.0 Å². The molecule has 2 saturated heterocycles. The van der Waals surface area contributed by atoms with Crippen molar-refractivity contribution in [1.29, 1.82) is 0 Å². The molecule has 1 aromatic rings. The number of carbonyl (C=O) groups excluding carboxylic acids is 2. The molecule has 7 nitrogen and oxygen atoms in total. The monoisotopic (exact) mass is 349 g/mol. The third kappa shape index (κ3) is 2.90. The number of hydrogen-bond donors (Lipinski definition) is 1. The van der Waals surface area contributed by atoms with Gasteiger partial charge in [0.25, 0.3) is 0 Å². The molecule has 1 aromatic carbocycles. The van der Waals surface area contributed by atoms with Gasteiger partial charge in [0, 0.05) is 26.4 Å². The van der Waals surface area contributed by atoms with Crippen LogP contribution in [0.1, 0.15) is 13.3 Å². The summed E-state index contributed by atoms with van der Waals surface area (Å²) in [6.07, 6.45) is 0.0785. The fourth-order valence-electron chi connectivity index (χ4n) is 3.52. The van der Waals surface area contributed by atoms with E-state index >= 15 is 0 Å². The first-order valence-electron chi connectivity index (χ1n) is 8.38. The van der Waals surface area contributed by atoms with Gasteiger partial charge in [0.15, 0.2) is 5.60 Å². The summed E-state index contributed by atoms with van der Waals surface area (Å²) >= 11 is 0. The molecule has 0 radical (unpaired) electrons. The van der Waals surface area contributed by atoms with Gasteiger partial charge in [-0.1, -0.05) is 0 Å². The van der Waals surface area contributed by atoms with E-state index in [1.54, 1.807) is 12.1 Å². The molecule has 2 atom stereocenters. The second kappa shape index (κ2) is 5.87. The fraction of sp³-hybridized carbons (Fsp3) is 0.529. The molecule has 3 aliphatic rings. The maximum absolute atomic E-state index is 14.6. The van der Waals surface area contributed by atoms with E-state index in [-0.39, 0.29) is 17.8 Å². The number of nitrogens with one attached hydrogen (secondary N) is 1. The molecule has 1 saturated carbocycles. The van der Waals surface area contributed by atoms with E-state index in [1.165, 1.54) is 17.9 Å². The second-order valence-electron chi connectivity index (χ2n) is 6.71. The molecule has 0 bridgehead atoms. The molecule has 2 aliphatic heterocycles. The van der Waals surface area contributed by atoms with Crippen LogP contribution in [0.15, 0.2) is 18.2 Å². The minimum absolute atomic E-state index is 0.155. The van der Waals surface area contributed by atoms with Crippen molar-refractivity contribution in [2.45, 2.75) is 25.0 Å². The van der Waals surface area contributed by atoms with Crippen LogP contribution in [0.25, 0.3) is 0 Å². The Hall–Kier alpha value is -2.35. The summed E-state index contributed by atoms with van der Waals surface area (Å²) in [6.45, 7) is 4.18. The van der Waals surface area contributed by atoms with Crippen molar-refractivity contribution in [3.8, 4) is 0 Å². The van der Waals surface area contributed by atoms with Crippen LogP contribution in [-0.2, 0) is 14.3 Å². The van der Waals surface area contributed by atoms with Crippen molar-refractivity contribution < 1.29 is 23.5 Å². The Morgan fingerprint density at radius 1 is 1.36 bits per heavy atom. The summed E-state index contributed by atoms with van der Waals surface area (Å²) in [5.41, 5.74) is 0.295. The van der Waals surface area contributed by atoms with Gasteiger partial charge in [0.2, 0.25) is 5.91 Å². The van der Waals surface area contributed by atoms with Crippen molar-refractivity contribution in [2.24, 2.45) is 0 Å². The van der Waals surface area contributed by atoms with E-state index in [9.17, 15) is 14.0 Å². The number of anilines is 2. The van der Waals surface area contributed by atoms with Gasteiger partial charge >= 0.3 is 6.09 Å². The van der Waals surface area contributed by atoms with Crippen molar-refractivity contribution in [2.75, 3.05) is 42.6 Å². The largest absolute Gasteiger partial charge is 0.438 e. The van der Waals surface area contributed by atoms with Gasteiger partial charge in [-0.15, -0.1) is 0 Å². The Morgan fingerprint density at radius 2 is 2.12 bits per heavy atom. The lowest BCUT2D eigenvalue weighted by molar-refractivity contribution is -0.119. The number of ether oxygens (including phenoxy) is 2. The molecule has 2 amide bonds. The summed E-state index contributed by atoms with van der Waals surface area (Å²) in [5.74, 6) is -0.528. The predicted molar refractivity (Wildman–Crippen MR) is 88.2 cm³/mol. The Labute approximate surface area is 144 Å². The smallest absolute Gasteiger partial charge is 0.415 e. The third-order valence-electron chi connectivity index (χ3n) is 4.93. The number of rotatable bonds is 3. The molecule has 1 aliphatic carbocycles. The molecular weight excluding hydrogens is 329 g/mol. The van der Waals surface area contributed by atoms with Crippen LogP contribution in [0, 0.1) is 5.82 Å². The molecule has 1 unspecified atom stereocenters. The summed E-state index contributed by atoms with van der Waals surface area (Å²) in [6, 6.07) is 4.61. The highest BCUT2D eigenvalue weighted by molar-refractivity contribution is 5.91. The zero-order valence-electron chi connectivity index (χ0n) is 14.0. The highest BCUT2D eigenvalue weighted by atomic mass is 19.1. The van der Waals surface area contributed by atoms with Crippen molar-refractivity contribution in [1.82, 2.24) is 5.32 Å². The van der Waals surface area contributed by atoms with Crippen LogP contribution >= 0.6 is 0 Å². The molecule has 8 heteroatoms. The molecule has 0 aromatic heterocycles. The first-order chi connectivity index (χ1) is 12.0. The summed E-state index contributed by atoms with van der Waals surface area (Å²) in [4.78, 5) is 26.7. The van der Waals surface area contributed by atoms with E-state index in [0.29, 0.717) is 50.6 Å². The van der Waals surface area contributed by atoms with Crippen LogP contribution < -0.4 is 15.1 Å². The number of hydrogen-bond acceptors (Lipinski definition) is 5. The van der Waals surface area contributed by atoms with E-state index in [2.05, 4.69) is 5.32 Å². The second-order valence-corrected chi connectivity index (χ2v) is 6.71. The first-order valence-corrected chi connectivity index (χ1v) is 8.38. The summed E-state index contributed by atoms with van der Waals surface area (Å²) < 4.78 is 25.3. The minimum atomic E-state index is -0.678. The average Bonchev–Trinajstić information content (AvgIpc) is 3.10. The summed E-state index contributed by atoms with van der Waals surface area (Å²) in [5, 5.41) is 2.77. The van der Waals surface area contributed by atoms with Crippen LogP contribution in [0.4, 0.5) is 20.6 Å². The third-order valence-corrected chi connectivity index (χ3v) is 4.93. The molecule has 3 fully saturated rings. The number of amides is 2. The molecule has 134 valence electrons. The minimum Gasteiger partial charge on any atom is -0.438 e. The Bertz CT molecular complexity index is 722. The van der Waals surface area contributed by atoms with E-state index in [1.807, 2.05) is 4.90 Å². The van der Waals surface area contributed by atoms with Gasteiger partial charge in [-0.3, -0.25) is 9.69 Å². The lowest BCUT2D eigenvalue weighted by atomic mass is 10.2. The zero-order chi connectivity index (χ0) is 17.6. The highest BCUT2D eigenvalue weighted by Gasteiger charge is 2.64. The van der Waals surface area contributed by atoms with E-state index in [4.69, 9.17) is 9.47 Å². The zero-order valence-corrected chi connectivity index (χ0v) is 14.0. The Morgan fingerprint density at radius 3 is 2.80 bits per heavy atom.